The maximum atomic E-state index is 9.53. The quantitative estimate of drug-likeness (QED) is 0.378. The second-order valence-electron chi connectivity index (χ2n) is 3.36. The van der Waals surface area contributed by atoms with E-state index in [1.807, 2.05) is 0 Å². The Hall–Kier alpha value is -0.880. The van der Waals surface area contributed by atoms with Gasteiger partial charge in [0.15, 0.2) is 5.76 Å². The lowest BCUT2D eigenvalue weighted by molar-refractivity contribution is -0.153. The van der Waals surface area contributed by atoms with Gasteiger partial charge in [-0.25, -0.2) is 0 Å². The number of nitrogens with one attached hydrogen (secondary N) is 1. The lowest BCUT2D eigenvalue weighted by Crippen LogP contribution is -2.37. The molecule has 0 spiro atoms. The third kappa shape index (κ3) is 2.33. The summed E-state index contributed by atoms with van der Waals surface area (Å²) in [7, 11) is 1.69. The first kappa shape index (κ1) is 11.2. The van der Waals surface area contributed by atoms with Crippen molar-refractivity contribution in [3.8, 4) is 0 Å². The smallest absolute Gasteiger partial charge is 0.226 e. The molecule has 1 unspecified atom stereocenters. The zero-order valence-corrected chi connectivity index (χ0v) is 7.94. The van der Waals surface area contributed by atoms with Crippen LogP contribution in [0, 0.1) is 0 Å². The molecule has 5 heteroatoms. The van der Waals surface area contributed by atoms with Crippen LogP contribution in [0.25, 0.3) is 0 Å². The Morgan fingerprint density at radius 1 is 1.50 bits per heavy atom. The summed E-state index contributed by atoms with van der Waals surface area (Å²) in [5.74, 6) is -2.75. The van der Waals surface area contributed by atoms with Gasteiger partial charge in [0.1, 0.15) is 0 Å². The van der Waals surface area contributed by atoms with Crippen LogP contribution in [0.2, 0.25) is 0 Å². The Morgan fingerprint density at radius 2 is 2.14 bits per heavy atom. The van der Waals surface area contributed by atoms with E-state index in [1.54, 1.807) is 7.05 Å². The summed E-state index contributed by atoms with van der Waals surface area (Å²) in [5, 5.41) is 40.0. The van der Waals surface area contributed by atoms with Gasteiger partial charge in [0.25, 0.3) is 0 Å². The first-order valence-corrected chi connectivity index (χ1v) is 4.35. The molecular formula is C9H15NO4. The maximum absolute atomic E-state index is 9.53. The molecule has 1 rings (SSSR count). The predicted octanol–water partition coefficient (Wildman–Crippen LogP) is -0.980. The zero-order chi connectivity index (χ0) is 10.8. The average molecular weight is 201 g/mol. The molecule has 0 aromatic heterocycles. The van der Waals surface area contributed by atoms with Gasteiger partial charge >= 0.3 is 0 Å². The molecule has 5 nitrogen and oxygen atoms in total. The van der Waals surface area contributed by atoms with E-state index < -0.39 is 17.7 Å². The van der Waals surface area contributed by atoms with E-state index in [4.69, 9.17) is 5.11 Å². The molecular weight excluding hydrogens is 186 g/mol. The first-order valence-electron chi connectivity index (χ1n) is 4.35. The van der Waals surface area contributed by atoms with E-state index in [9.17, 15) is 15.3 Å². The molecule has 0 amide bonds. The first-order chi connectivity index (χ1) is 6.47. The van der Waals surface area contributed by atoms with Crippen LogP contribution in [0.1, 0.15) is 6.42 Å². The molecule has 0 heterocycles. The minimum absolute atomic E-state index is 0.182. The number of aliphatic hydroxyl groups excluding tert-OH is 2. The van der Waals surface area contributed by atoms with Gasteiger partial charge in [-0.15, -0.1) is 0 Å². The second kappa shape index (κ2) is 4.10. The Bertz CT molecular complexity index is 270. The molecule has 5 N–H and O–H groups in total. The maximum Gasteiger partial charge on any atom is 0.226 e. The summed E-state index contributed by atoms with van der Waals surface area (Å²) < 4.78 is 0. The molecule has 80 valence electrons. The fourth-order valence-electron chi connectivity index (χ4n) is 1.31. The topological polar surface area (TPSA) is 93.0 Å². The van der Waals surface area contributed by atoms with Crippen molar-refractivity contribution in [1.82, 2.24) is 5.32 Å². The van der Waals surface area contributed by atoms with Crippen LogP contribution in [-0.2, 0) is 0 Å². The lowest BCUT2D eigenvalue weighted by atomic mass is 9.94. The zero-order valence-electron chi connectivity index (χ0n) is 7.94. The lowest BCUT2D eigenvalue weighted by Gasteiger charge is -2.27. The molecule has 14 heavy (non-hydrogen) atoms. The van der Waals surface area contributed by atoms with E-state index in [0.29, 0.717) is 12.1 Å². The highest BCUT2D eigenvalue weighted by atomic mass is 16.5. The Kier molecular flexibility index (Phi) is 3.28. The van der Waals surface area contributed by atoms with E-state index in [1.165, 1.54) is 12.2 Å². The molecule has 0 saturated heterocycles. The number of hydrogen-bond acceptors (Lipinski definition) is 5. The van der Waals surface area contributed by atoms with Crippen molar-refractivity contribution in [3.05, 3.63) is 23.5 Å². The predicted molar refractivity (Wildman–Crippen MR) is 50.5 cm³/mol. The van der Waals surface area contributed by atoms with Crippen LogP contribution in [0.4, 0.5) is 0 Å². The summed E-state index contributed by atoms with van der Waals surface area (Å²) in [5.41, 5.74) is 0.474. The highest BCUT2D eigenvalue weighted by Gasteiger charge is 2.33. The standard InChI is InChI=1S/C9H15NO4/c1-10-5-7(11)6-2-3-8(12)9(13,14)4-6/h2-3,7,10-14H,4-5H2,1H3. The number of likely N-dealkylation sites (N-methyl/N-ethyl adjacent to an activating group) is 1. The Balaban J connectivity index is 2.75. The molecule has 0 aromatic carbocycles. The van der Waals surface area contributed by atoms with Crippen molar-refractivity contribution >= 4 is 0 Å². The van der Waals surface area contributed by atoms with Gasteiger partial charge in [0.05, 0.1) is 6.10 Å². The monoisotopic (exact) mass is 201 g/mol. The van der Waals surface area contributed by atoms with Gasteiger partial charge in [-0.3, -0.25) is 0 Å². The van der Waals surface area contributed by atoms with Gasteiger partial charge in [-0.05, 0) is 18.7 Å². The van der Waals surface area contributed by atoms with Crippen LogP contribution in [-0.4, -0.2) is 45.9 Å². The largest absolute Gasteiger partial charge is 0.507 e. The Labute approximate surface area is 82.0 Å². The second-order valence-corrected chi connectivity index (χ2v) is 3.36. The van der Waals surface area contributed by atoms with Crippen LogP contribution >= 0.6 is 0 Å². The average Bonchev–Trinajstić information content (AvgIpc) is 2.10. The summed E-state index contributed by atoms with van der Waals surface area (Å²) >= 11 is 0. The fraction of sp³-hybridized carbons (Fsp3) is 0.556. The SMILES string of the molecule is CNCC(O)C1=CC=C(O)C(O)(O)C1. The summed E-state index contributed by atoms with van der Waals surface area (Å²) in [6.45, 7) is 0.330. The highest BCUT2D eigenvalue weighted by molar-refractivity contribution is 5.28. The van der Waals surface area contributed by atoms with Crippen LogP contribution < -0.4 is 5.32 Å². The normalized spacial score (nSPS) is 22.6. The highest BCUT2D eigenvalue weighted by Crippen LogP contribution is 2.26. The molecule has 1 aliphatic rings. The van der Waals surface area contributed by atoms with Gasteiger partial charge in [-0.1, -0.05) is 6.08 Å². The van der Waals surface area contributed by atoms with Crippen molar-refractivity contribution in [2.45, 2.75) is 18.3 Å². The van der Waals surface area contributed by atoms with Gasteiger partial charge in [0, 0.05) is 13.0 Å². The van der Waals surface area contributed by atoms with E-state index in [0.717, 1.165) is 0 Å². The van der Waals surface area contributed by atoms with Gasteiger partial charge in [-0.2, -0.15) is 0 Å². The Morgan fingerprint density at radius 3 is 2.64 bits per heavy atom. The third-order valence-electron chi connectivity index (χ3n) is 2.14. The molecule has 1 aliphatic carbocycles. The summed E-state index contributed by atoms with van der Waals surface area (Å²) in [6.07, 6.45) is 1.71. The third-order valence-corrected chi connectivity index (χ3v) is 2.14. The van der Waals surface area contributed by atoms with Gasteiger partial charge in [0.2, 0.25) is 5.79 Å². The summed E-state index contributed by atoms with van der Waals surface area (Å²) in [4.78, 5) is 0. The molecule has 0 saturated carbocycles. The molecule has 0 fully saturated rings. The van der Waals surface area contributed by atoms with Crippen molar-refractivity contribution in [1.29, 1.82) is 0 Å². The van der Waals surface area contributed by atoms with Crippen molar-refractivity contribution in [2.75, 3.05) is 13.6 Å². The molecule has 0 aromatic rings. The molecule has 0 radical (unpaired) electrons. The van der Waals surface area contributed by atoms with Crippen molar-refractivity contribution in [3.63, 3.8) is 0 Å². The van der Waals surface area contributed by atoms with Crippen LogP contribution in [0.3, 0.4) is 0 Å². The fourth-order valence-corrected chi connectivity index (χ4v) is 1.31. The van der Waals surface area contributed by atoms with E-state index in [-0.39, 0.29) is 6.42 Å². The number of aliphatic hydroxyl groups is 4. The minimum Gasteiger partial charge on any atom is -0.507 e. The van der Waals surface area contributed by atoms with Gasteiger partial charge < -0.3 is 25.7 Å². The van der Waals surface area contributed by atoms with Crippen molar-refractivity contribution in [2.24, 2.45) is 0 Å². The van der Waals surface area contributed by atoms with E-state index >= 15 is 0 Å². The van der Waals surface area contributed by atoms with E-state index in [2.05, 4.69) is 5.32 Å². The van der Waals surface area contributed by atoms with Crippen LogP contribution in [0.5, 0.6) is 0 Å². The minimum atomic E-state index is -2.25. The number of hydrogen-bond donors (Lipinski definition) is 5. The number of rotatable bonds is 3. The summed E-state index contributed by atoms with van der Waals surface area (Å²) in [6, 6.07) is 0. The molecule has 0 aliphatic heterocycles. The molecule has 1 atom stereocenters. The molecule has 0 bridgehead atoms. The van der Waals surface area contributed by atoms with Crippen LogP contribution in [0.15, 0.2) is 23.5 Å². The number of allylic oxidation sites excluding steroid dienone is 2. The van der Waals surface area contributed by atoms with Crippen molar-refractivity contribution < 1.29 is 20.4 Å².